The minimum absolute atomic E-state index is 0.564. The van der Waals surface area contributed by atoms with Gasteiger partial charge < -0.3 is 4.52 Å². The molecule has 0 atom stereocenters. The van der Waals surface area contributed by atoms with Gasteiger partial charge in [0.15, 0.2) is 0 Å². The molecule has 0 aliphatic heterocycles. The maximum absolute atomic E-state index is 5.94. The molecule has 0 amide bonds. The summed E-state index contributed by atoms with van der Waals surface area (Å²) in [5.74, 6) is 1.13. The normalized spacial score (nSPS) is 10.6. The first-order chi connectivity index (χ1) is 9.31. The van der Waals surface area contributed by atoms with Crippen LogP contribution in [0.25, 0.3) is 11.4 Å². The van der Waals surface area contributed by atoms with E-state index in [1.807, 2.05) is 36.4 Å². The lowest BCUT2D eigenvalue weighted by molar-refractivity contribution is 0.385. The number of rotatable bonds is 3. The molecule has 0 saturated heterocycles. The van der Waals surface area contributed by atoms with Gasteiger partial charge >= 0.3 is 0 Å². The van der Waals surface area contributed by atoms with Crippen LogP contribution in [0.3, 0.4) is 0 Å². The van der Waals surface area contributed by atoms with Crippen molar-refractivity contribution in [3.63, 3.8) is 0 Å². The standard InChI is InChI=1S/C14H10ClN3O/c15-12-3-1-2-10(8-12)9-13-17-14(18-19-13)11-4-6-16-7-5-11/h1-8H,9H2. The third-order valence-electron chi connectivity index (χ3n) is 2.65. The molecule has 3 rings (SSSR count). The van der Waals surface area contributed by atoms with Gasteiger partial charge in [-0.15, -0.1) is 0 Å². The van der Waals surface area contributed by atoms with Crippen molar-refractivity contribution in [3.8, 4) is 11.4 Å². The van der Waals surface area contributed by atoms with E-state index >= 15 is 0 Å². The molecule has 0 N–H and O–H groups in total. The van der Waals surface area contributed by atoms with Crippen molar-refractivity contribution in [3.05, 3.63) is 65.3 Å². The Morgan fingerprint density at radius 3 is 2.74 bits per heavy atom. The van der Waals surface area contributed by atoms with Crippen LogP contribution >= 0.6 is 11.6 Å². The zero-order valence-electron chi connectivity index (χ0n) is 9.95. The van der Waals surface area contributed by atoms with Gasteiger partial charge in [-0.25, -0.2) is 0 Å². The van der Waals surface area contributed by atoms with Gasteiger partial charge in [-0.05, 0) is 29.8 Å². The lowest BCUT2D eigenvalue weighted by Crippen LogP contribution is -1.88. The van der Waals surface area contributed by atoms with Gasteiger partial charge in [0.25, 0.3) is 0 Å². The highest BCUT2D eigenvalue weighted by Crippen LogP contribution is 2.17. The molecular weight excluding hydrogens is 262 g/mol. The molecular formula is C14H10ClN3O. The van der Waals surface area contributed by atoms with Crippen molar-refractivity contribution in [1.82, 2.24) is 15.1 Å². The fourth-order valence-corrected chi connectivity index (χ4v) is 1.98. The van der Waals surface area contributed by atoms with Crippen LogP contribution in [0.2, 0.25) is 5.02 Å². The molecule has 3 aromatic rings. The average Bonchev–Trinajstić information content (AvgIpc) is 2.88. The van der Waals surface area contributed by atoms with Crippen LogP contribution < -0.4 is 0 Å². The van der Waals surface area contributed by atoms with E-state index in [9.17, 15) is 0 Å². The zero-order chi connectivity index (χ0) is 13.1. The van der Waals surface area contributed by atoms with E-state index < -0.39 is 0 Å². The van der Waals surface area contributed by atoms with E-state index in [2.05, 4.69) is 15.1 Å². The van der Waals surface area contributed by atoms with E-state index in [-0.39, 0.29) is 0 Å². The summed E-state index contributed by atoms with van der Waals surface area (Å²) in [4.78, 5) is 8.31. The van der Waals surface area contributed by atoms with Gasteiger partial charge in [0.05, 0.1) is 6.42 Å². The highest BCUT2D eigenvalue weighted by atomic mass is 35.5. The van der Waals surface area contributed by atoms with Crippen molar-refractivity contribution < 1.29 is 4.52 Å². The van der Waals surface area contributed by atoms with Gasteiger partial charge in [-0.1, -0.05) is 28.9 Å². The Morgan fingerprint density at radius 2 is 1.95 bits per heavy atom. The van der Waals surface area contributed by atoms with Crippen molar-refractivity contribution in [1.29, 1.82) is 0 Å². The van der Waals surface area contributed by atoms with Gasteiger partial charge in [0, 0.05) is 23.0 Å². The average molecular weight is 272 g/mol. The van der Waals surface area contributed by atoms with Gasteiger partial charge in [0.1, 0.15) is 0 Å². The molecule has 0 bridgehead atoms. The molecule has 4 nitrogen and oxygen atoms in total. The third kappa shape index (κ3) is 2.80. The minimum Gasteiger partial charge on any atom is -0.339 e. The molecule has 2 aromatic heterocycles. The summed E-state index contributed by atoms with van der Waals surface area (Å²) in [5, 5.41) is 4.66. The molecule has 19 heavy (non-hydrogen) atoms. The number of nitrogens with zero attached hydrogens (tertiary/aromatic N) is 3. The lowest BCUT2D eigenvalue weighted by atomic mass is 10.1. The van der Waals surface area contributed by atoms with Gasteiger partial charge in [0.2, 0.25) is 11.7 Å². The molecule has 5 heteroatoms. The third-order valence-corrected chi connectivity index (χ3v) is 2.89. The fourth-order valence-electron chi connectivity index (χ4n) is 1.77. The van der Waals surface area contributed by atoms with Crippen molar-refractivity contribution in [2.24, 2.45) is 0 Å². The maximum atomic E-state index is 5.94. The Morgan fingerprint density at radius 1 is 1.11 bits per heavy atom. The van der Waals surface area contributed by atoms with E-state index in [0.29, 0.717) is 23.2 Å². The summed E-state index contributed by atoms with van der Waals surface area (Å²) in [7, 11) is 0. The molecule has 0 fully saturated rings. The second kappa shape index (κ2) is 5.20. The Hall–Kier alpha value is -2.20. The number of pyridine rings is 1. The molecule has 0 spiro atoms. The summed E-state index contributed by atoms with van der Waals surface area (Å²) < 4.78 is 5.24. The summed E-state index contributed by atoms with van der Waals surface area (Å²) in [6.45, 7) is 0. The van der Waals surface area contributed by atoms with Crippen molar-refractivity contribution in [2.75, 3.05) is 0 Å². The van der Waals surface area contributed by atoms with E-state index in [0.717, 1.165) is 11.1 Å². The Bertz CT molecular complexity index is 682. The monoisotopic (exact) mass is 271 g/mol. The number of benzene rings is 1. The number of hydrogen-bond acceptors (Lipinski definition) is 4. The molecule has 0 unspecified atom stereocenters. The van der Waals surface area contributed by atoms with E-state index in [1.54, 1.807) is 12.4 Å². The van der Waals surface area contributed by atoms with Crippen molar-refractivity contribution >= 4 is 11.6 Å². The second-order valence-corrected chi connectivity index (χ2v) is 4.49. The molecule has 0 aliphatic rings. The Balaban J connectivity index is 1.82. The second-order valence-electron chi connectivity index (χ2n) is 4.05. The summed E-state index contributed by atoms with van der Waals surface area (Å²) in [5.41, 5.74) is 1.92. The van der Waals surface area contributed by atoms with Crippen LogP contribution in [0.4, 0.5) is 0 Å². The number of halogens is 1. The van der Waals surface area contributed by atoms with Crippen LogP contribution in [0.5, 0.6) is 0 Å². The summed E-state index contributed by atoms with van der Waals surface area (Å²) >= 11 is 5.94. The largest absolute Gasteiger partial charge is 0.339 e. The Labute approximate surface area is 115 Å². The predicted molar refractivity (Wildman–Crippen MR) is 71.8 cm³/mol. The molecule has 1 aromatic carbocycles. The van der Waals surface area contributed by atoms with E-state index in [1.165, 1.54) is 0 Å². The number of hydrogen-bond donors (Lipinski definition) is 0. The van der Waals surface area contributed by atoms with Gasteiger partial charge in [-0.2, -0.15) is 4.98 Å². The first kappa shape index (κ1) is 11.9. The molecule has 0 saturated carbocycles. The van der Waals surface area contributed by atoms with Crippen molar-refractivity contribution in [2.45, 2.75) is 6.42 Å². The van der Waals surface area contributed by atoms with Crippen LogP contribution in [0, 0.1) is 0 Å². The number of aromatic nitrogens is 3. The van der Waals surface area contributed by atoms with Crippen LogP contribution in [0.1, 0.15) is 11.5 Å². The summed E-state index contributed by atoms with van der Waals surface area (Å²) in [6.07, 6.45) is 3.96. The molecule has 2 heterocycles. The smallest absolute Gasteiger partial charge is 0.231 e. The van der Waals surface area contributed by atoms with Crippen LogP contribution in [0.15, 0.2) is 53.3 Å². The van der Waals surface area contributed by atoms with Gasteiger partial charge in [-0.3, -0.25) is 4.98 Å². The molecule has 0 aliphatic carbocycles. The van der Waals surface area contributed by atoms with E-state index in [4.69, 9.17) is 16.1 Å². The maximum Gasteiger partial charge on any atom is 0.231 e. The highest BCUT2D eigenvalue weighted by Gasteiger charge is 2.09. The highest BCUT2D eigenvalue weighted by molar-refractivity contribution is 6.30. The topological polar surface area (TPSA) is 51.8 Å². The predicted octanol–water partition coefficient (Wildman–Crippen LogP) is 3.38. The first-order valence-corrected chi connectivity index (χ1v) is 6.16. The van der Waals surface area contributed by atoms with Crippen LogP contribution in [-0.2, 0) is 6.42 Å². The molecule has 0 radical (unpaired) electrons. The minimum atomic E-state index is 0.564. The zero-order valence-corrected chi connectivity index (χ0v) is 10.7. The molecule has 94 valence electrons. The quantitative estimate of drug-likeness (QED) is 0.733. The Kier molecular flexibility index (Phi) is 3.25. The lowest BCUT2D eigenvalue weighted by Gasteiger charge is -1.96. The SMILES string of the molecule is Clc1cccc(Cc2nc(-c3ccncc3)no2)c1. The fraction of sp³-hybridized carbons (Fsp3) is 0.0714. The summed E-state index contributed by atoms with van der Waals surface area (Å²) in [6, 6.07) is 11.3. The first-order valence-electron chi connectivity index (χ1n) is 5.79. The van der Waals surface area contributed by atoms with Crippen LogP contribution in [-0.4, -0.2) is 15.1 Å².